The summed E-state index contributed by atoms with van der Waals surface area (Å²) >= 11 is 0. The standard InChI is InChI=1S/C35H67NO4/c1-3-5-7-9-11-13-15-17-18-20-21-23-25-27-29-33(38)32(31-37)36-35(40)34(39)30-28-26-24-22-19-16-14-12-10-8-6-4-2/h20-21,27,29,32-34,37-39H,3-19,22-26,28,30-31H2,1-2H3,(H,36,40)/b21-20+,29-27+. The normalized spacial score (nSPS) is 14.2. The van der Waals surface area contributed by atoms with Gasteiger partial charge in [0.1, 0.15) is 6.10 Å². The SMILES string of the molecule is CCCCCCCCCC/C=C/CC/C=C/C(O)C(CO)NC(=O)C(O)CCCCCCCCCCCCCC. The summed E-state index contributed by atoms with van der Waals surface area (Å²) < 4.78 is 0. The predicted molar refractivity (Wildman–Crippen MR) is 171 cm³/mol. The van der Waals surface area contributed by atoms with Gasteiger partial charge in [0.05, 0.1) is 18.8 Å². The highest BCUT2D eigenvalue weighted by Crippen LogP contribution is 2.14. The molecule has 0 rings (SSSR count). The number of unbranched alkanes of at least 4 members (excludes halogenated alkanes) is 20. The average molecular weight is 566 g/mol. The number of carbonyl (C=O) groups excluding carboxylic acids is 1. The van der Waals surface area contributed by atoms with Gasteiger partial charge >= 0.3 is 0 Å². The highest BCUT2D eigenvalue weighted by molar-refractivity contribution is 5.80. The molecule has 0 heterocycles. The number of hydrogen-bond donors (Lipinski definition) is 4. The zero-order chi connectivity index (χ0) is 29.5. The number of nitrogens with one attached hydrogen (secondary N) is 1. The van der Waals surface area contributed by atoms with Crippen molar-refractivity contribution in [2.24, 2.45) is 0 Å². The molecule has 3 atom stereocenters. The Morgan fingerprint density at radius 3 is 1.52 bits per heavy atom. The molecule has 0 spiro atoms. The van der Waals surface area contributed by atoms with Gasteiger partial charge in [0.2, 0.25) is 5.91 Å². The van der Waals surface area contributed by atoms with Gasteiger partial charge in [-0.25, -0.2) is 0 Å². The predicted octanol–water partition coefficient (Wildman–Crippen LogP) is 8.70. The van der Waals surface area contributed by atoms with Gasteiger partial charge < -0.3 is 20.6 Å². The lowest BCUT2D eigenvalue weighted by Gasteiger charge is -2.21. The van der Waals surface area contributed by atoms with Gasteiger partial charge in [-0.15, -0.1) is 0 Å². The quantitative estimate of drug-likeness (QED) is 0.0518. The lowest BCUT2D eigenvalue weighted by atomic mass is 10.0. The van der Waals surface area contributed by atoms with Crippen LogP contribution in [0.1, 0.15) is 168 Å². The summed E-state index contributed by atoms with van der Waals surface area (Å²) in [5.41, 5.74) is 0. The first-order valence-corrected chi connectivity index (χ1v) is 17.2. The van der Waals surface area contributed by atoms with Crippen LogP contribution in [-0.4, -0.2) is 46.1 Å². The van der Waals surface area contributed by atoms with Crippen molar-refractivity contribution >= 4 is 5.91 Å². The maximum atomic E-state index is 12.3. The topological polar surface area (TPSA) is 89.8 Å². The van der Waals surface area contributed by atoms with E-state index in [1.807, 2.05) is 6.08 Å². The summed E-state index contributed by atoms with van der Waals surface area (Å²) in [7, 11) is 0. The van der Waals surface area contributed by atoms with E-state index in [2.05, 4.69) is 31.3 Å². The fourth-order valence-electron chi connectivity index (χ4n) is 5.02. The number of amides is 1. The van der Waals surface area contributed by atoms with E-state index in [9.17, 15) is 20.1 Å². The monoisotopic (exact) mass is 566 g/mol. The van der Waals surface area contributed by atoms with Gasteiger partial charge in [-0.2, -0.15) is 0 Å². The summed E-state index contributed by atoms with van der Waals surface area (Å²) in [6.45, 7) is 4.13. The highest BCUT2D eigenvalue weighted by atomic mass is 16.3. The zero-order valence-corrected chi connectivity index (χ0v) is 26.5. The molecule has 5 heteroatoms. The third-order valence-electron chi connectivity index (χ3n) is 7.79. The van der Waals surface area contributed by atoms with Gasteiger partial charge in [-0.1, -0.05) is 160 Å². The maximum Gasteiger partial charge on any atom is 0.249 e. The van der Waals surface area contributed by atoms with Gasteiger partial charge in [0, 0.05) is 0 Å². The second-order valence-corrected chi connectivity index (χ2v) is 11.7. The minimum absolute atomic E-state index is 0.374. The second-order valence-electron chi connectivity index (χ2n) is 11.7. The minimum atomic E-state index is -1.10. The molecular formula is C35H67NO4. The summed E-state index contributed by atoms with van der Waals surface area (Å²) in [6, 6.07) is -0.808. The number of carbonyl (C=O) groups is 1. The van der Waals surface area contributed by atoms with Gasteiger partial charge in [0.25, 0.3) is 0 Å². The molecule has 0 aromatic heterocycles. The lowest BCUT2D eigenvalue weighted by Crippen LogP contribution is -2.48. The van der Waals surface area contributed by atoms with Crippen LogP contribution in [-0.2, 0) is 4.79 Å². The first kappa shape index (κ1) is 38.8. The average Bonchev–Trinajstić information content (AvgIpc) is 2.96. The van der Waals surface area contributed by atoms with Crippen LogP contribution in [0.4, 0.5) is 0 Å². The Kier molecular flexibility index (Phi) is 29.9. The van der Waals surface area contributed by atoms with Crippen molar-refractivity contribution in [2.45, 2.75) is 186 Å². The third-order valence-corrected chi connectivity index (χ3v) is 7.79. The van der Waals surface area contributed by atoms with E-state index >= 15 is 0 Å². The van der Waals surface area contributed by atoms with Crippen LogP contribution in [0.5, 0.6) is 0 Å². The molecule has 0 aromatic carbocycles. The number of rotatable bonds is 30. The van der Waals surface area contributed by atoms with Crippen LogP contribution in [0.2, 0.25) is 0 Å². The van der Waals surface area contributed by atoms with Crippen LogP contribution >= 0.6 is 0 Å². The van der Waals surface area contributed by atoms with Crippen molar-refractivity contribution in [1.82, 2.24) is 5.32 Å². The van der Waals surface area contributed by atoms with Crippen molar-refractivity contribution in [3.05, 3.63) is 24.3 Å². The van der Waals surface area contributed by atoms with E-state index in [4.69, 9.17) is 0 Å². The van der Waals surface area contributed by atoms with E-state index in [-0.39, 0.29) is 6.61 Å². The molecule has 0 saturated heterocycles. The van der Waals surface area contributed by atoms with Crippen molar-refractivity contribution in [3.63, 3.8) is 0 Å². The molecule has 0 fully saturated rings. The third kappa shape index (κ3) is 25.8. The largest absolute Gasteiger partial charge is 0.394 e. The molecule has 3 unspecified atom stereocenters. The van der Waals surface area contributed by atoms with Gasteiger partial charge in [0.15, 0.2) is 0 Å². The molecule has 1 amide bonds. The molecule has 0 radical (unpaired) electrons. The van der Waals surface area contributed by atoms with E-state index in [1.165, 1.54) is 109 Å². The van der Waals surface area contributed by atoms with E-state index in [0.717, 1.165) is 38.5 Å². The molecule has 5 nitrogen and oxygen atoms in total. The van der Waals surface area contributed by atoms with Crippen molar-refractivity contribution in [3.8, 4) is 0 Å². The zero-order valence-electron chi connectivity index (χ0n) is 26.5. The molecule has 0 aliphatic heterocycles. The van der Waals surface area contributed by atoms with Crippen LogP contribution in [0, 0.1) is 0 Å². The van der Waals surface area contributed by atoms with Crippen LogP contribution in [0.15, 0.2) is 24.3 Å². The molecule has 4 N–H and O–H groups in total. The fraction of sp³-hybridized carbons (Fsp3) is 0.857. The van der Waals surface area contributed by atoms with Crippen molar-refractivity contribution in [2.75, 3.05) is 6.61 Å². The lowest BCUT2D eigenvalue weighted by molar-refractivity contribution is -0.131. The summed E-state index contributed by atoms with van der Waals surface area (Å²) in [5.74, 6) is -0.515. The summed E-state index contributed by atoms with van der Waals surface area (Å²) in [4.78, 5) is 12.3. The van der Waals surface area contributed by atoms with Crippen molar-refractivity contribution in [1.29, 1.82) is 0 Å². The Morgan fingerprint density at radius 2 is 1.02 bits per heavy atom. The summed E-state index contributed by atoms with van der Waals surface area (Å²) in [5, 5.41) is 32.8. The van der Waals surface area contributed by atoms with Gasteiger partial charge in [-0.3, -0.25) is 4.79 Å². The minimum Gasteiger partial charge on any atom is -0.394 e. The fourth-order valence-corrected chi connectivity index (χ4v) is 5.02. The highest BCUT2D eigenvalue weighted by Gasteiger charge is 2.22. The van der Waals surface area contributed by atoms with E-state index in [1.54, 1.807) is 6.08 Å². The number of aliphatic hydroxyl groups is 3. The molecule has 40 heavy (non-hydrogen) atoms. The molecule has 0 bridgehead atoms. The van der Waals surface area contributed by atoms with Crippen molar-refractivity contribution < 1.29 is 20.1 Å². The number of aliphatic hydroxyl groups excluding tert-OH is 3. The first-order chi connectivity index (χ1) is 19.6. The molecule has 0 aromatic rings. The molecular weight excluding hydrogens is 498 g/mol. The Labute approximate surface area is 248 Å². The maximum absolute atomic E-state index is 12.3. The second kappa shape index (κ2) is 30.8. The van der Waals surface area contributed by atoms with Crippen LogP contribution in [0.25, 0.3) is 0 Å². The first-order valence-electron chi connectivity index (χ1n) is 17.2. The Balaban J connectivity index is 3.83. The van der Waals surface area contributed by atoms with Gasteiger partial charge in [-0.05, 0) is 32.1 Å². The Morgan fingerprint density at radius 1 is 0.600 bits per heavy atom. The van der Waals surface area contributed by atoms with E-state index < -0.39 is 24.2 Å². The Hall–Kier alpha value is -1.17. The molecule has 236 valence electrons. The Bertz CT molecular complexity index is 592. The molecule has 0 aliphatic rings. The molecule has 0 saturated carbocycles. The smallest absolute Gasteiger partial charge is 0.249 e. The number of hydrogen-bond acceptors (Lipinski definition) is 4. The van der Waals surface area contributed by atoms with E-state index in [0.29, 0.717) is 6.42 Å². The summed E-state index contributed by atoms with van der Waals surface area (Å²) in [6.07, 6.45) is 34.7. The van der Waals surface area contributed by atoms with Crippen LogP contribution < -0.4 is 5.32 Å². The van der Waals surface area contributed by atoms with Crippen LogP contribution in [0.3, 0.4) is 0 Å². The molecule has 0 aliphatic carbocycles. The number of allylic oxidation sites excluding steroid dienone is 3.